The molecule has 1 aliphatic rings. The summed E-state index contributed by atoms with van der Waals surface area (Å²) in [7, 11) is -3.57. The van der Waals surface area contributed by atoms with E-state index in [1.165, 1.54) is 15.6 Å². The van der Waals surface area contributed by atoms with Crippen LogP contribution in [0, 0.1) is 0 Å². The van der Waals surface area contributed by atoms with Gasteiger partial charge in [-0.15, -0.1) is 11.3 Å². The van der Waals surface area contributed by atoms with Crippen molar-refractivity contribution in [3.8, 4) is 0 Å². The molecule has 21 heavy (non-hydrogen) atoms. The number of rotatable bonds is 4. The molecule has 0 bridgehead atoms. The fourth-order valence-electron chi connectivity index (χ4n) is 2.61. The topological polar surface area (TPSA) is 54.5 Å². The molecule has 6 heteroatoms. The molecular formula is C15H15NO3S2. The summed E-state index contributed by atoms with van der Waals surface area (Å²) in [6.45, 7) is 0.406. The molecule has 1 aromatic carbocycles. The number of carbonyl (C=O) groups excluding carboxylic acids is 1. The number of ketones is 1. The maximum Gasteiger partial charge on any atom is 0.253 e. The lowest BCUT2D eigenvalue weighted by Gasteiger charge is -2.22. The van der Waals surface area contributed by atoms with Gasteiger partial charge >= 0.3 is 0 Å². The smallest absolute Gasteiger partial charge is 0.253 e. The van der Waals surface area contributed by atoms with Crippen molar-refractivity contribution < 1.29 is 13.2 Å². The largest absolute Gasteiger partial charge is 0.292 e. The predicted octanol–water partition coefficient (Wildman–Crippen LogP) is 2.78. The van der Waals surface area contributed by atoms with Crippen LogP contribution in [0.3, 0.4) is 0 Å². The highest BCUT2D eigenvalue weighted by atomic mass is 32.2. The second-order valence-corrected chi connectivity index (χ2v) is 8.00. The van der Waals surface area contributed by atoms with Gasteiger partial charge in [0, 0.05) is 12.1 Å². The Bertz CT molecular complexity index is 724. The molecule has 0 saturated carbocycles. The molecule has 1 saturated heterocycles. The van der Waals surface area contributed by atoms with E-state index >= 15 is 0 Å². The third-order valence-corrected chi connectivity index (χ3v) is 6.90. The minimum absolute atomic E-state index is 0.117. The van der Waals surface area contributed by atoms with E-state index in [2.05, 4.69) is 0 Å². The molecule has 1 aromatic heterocycles. The Morgan fingerprint density at radius 3 is 2.57 bits per heavy atom. The molecule has 1 unspecified atom stereocenters. The van der Waals surface area contributed by atoms with Crippen molar-refractivity contribution in [3.05, 3.63) is 53.4 Å². The number of thiophene rings is 1. The van der Waals surface area contributed by atoms with Gasteiger partial charge in [-0.3, -0.25) is 4.79 Å². The summed E-state index contributed by atoms with van der Waals surface area (Å²) in [6.07, 6.45) is 1.30. The summed E-state index contributed by atoms with van der Waals surface area (Å²) in [5.74, 6) is -0.117. The summed E-state index contributed by atoms with van der Waals surface area (Å²) < 4.78 is 26.9. The lowest BCUT2D eigenvalue weighted by Crippen LogP contribution is -2.40. The molecular weight excluding hydrogens is 306 g/mol. The Morgan fingerprint density at radius 1 is 1.14 bits per heavy atom. The molecule has 110 valence electrons. The highest BCUT2D eigenvalue weighted by Gasteiger charge is 2.39. The van der Waals surface area contributed by atoms with Crippen LogP contribution in [-0.2, 0) is 10.0 Å². The van der Waals surface area contributed by atoms with Crippen molar-refractivity contribution in [1.82, 2.24) is 4.31 Å². The van der Waals surface area contributed by atoms with E-state index in [0.717, 1.165) is 0 Å². The van der Waals surface area contributed by atoms with Gasteiger partial charge in [-0.05, 0) is 24.3 Å². The van der Waals surface area contributed by atoms with Gasteiger partial charge in [0.15, 0.2) is 5.78 Å². The van der Waals surface area contributed by atoms with Crippen molar-refractivity contribution in [2.75, 3.05) is 6.54 Å². The first-order chi connectivity index (χ1) is 10.1. The van der Waals surface area contributed by atoms with Crippen LogP contribution < -0.4 is 0 Å². The molecule has 2 heterocycles. The van der Waals surface area contributed by atoms with Crippen molar-refractivity contribution in [2.24, 2.45) is 0 Å². The maximum atomic E-state index is 12.6. The summed E-state index contributed by atoms with van der Waals surface area (Å²) in [4.78, 5) is 12.6. The molecule has 1 aliphatic heterocycles. The van der Waals surface area contributed by atoms with Gasteiger partial charge in [0.05, 0.1) is 6.04 Å². The first-order valence-electron chi connectivity index (χ1n) is 6.75. The summed E-state index contributed by atoms with van der Waals surface area (Å²) in [6, 6.07) is 11.6. The van der Waals surface area contributed by atoms with Crippen LogP contribution in [0.2, 0.25) is 0 Å². The number of benzene rings is 1. The summed E-state index contributed by atoms with van der Waals surface area (Å²) >= 11 is 1.19. The SMILES string of the molecule is O=C(c1ccccc1)C1CCCN1S(=O)(=O)c1cccs1. The highest BCUT2D eigenvalue weighted by molar-refractivity contribution is 7.91. The van der Waals surface area contributed by atoms with E-state index in [1.807, 2.05) is 6.07 Å². The third-order valence-electron chi connectivity index (χ3n) is 3.62. The number of Topliss-reactive ketones (excluding diaryl/α,β-unsaturated/α-hetero) is 1. The Morgan fingerprint density at radius 2 is 1.90 bits per heavy atom. The van der Waals surface area contributed by atoms with Gasteiger partial charge in [-0.25, -0.2) is 8.42 Å². The van der Waals surface area contributed by atoms with E-state index in [4.69, 9.17) is 0 Å². The van der Waals surface area contributed by atoms with E-state index < -0.39 is 16.1 Å². The van der Waals surface area contributed by atoms with Gasteiger partial charge in [0.25, 0.3) is 10.0 Å². The standard InChI is InChI=1S/C15H15NO3S2/c17-15(12-6-2-1-3-7-12)13-8-4-10-16(13)21(18,19)14-9-5-11-20-14/h1-3,5-7,9,11,13H,4,8,10H2. The minimum Gasteiger partial charge on any atom is -0.292 e. The van der Waals surface area contributed by atoms with Crippen LogP contribution in [-0.4, -0.2) is 31.1 Å². The Hall–Kier alpha value is -1.50. The molecule has 2 aromatic rings. The molecule has 1 fully saturated rings. The van der Waals surface area contributed by atoms with E-state index in [0.29, 0.717) is 29.2 Å². The predicted molar refractivity (Wildman–Crippen MR) is 82.0 cm³/mol. The number of hydrogen-bond acceptors (Lipinski definition) is 4. The first-order valence-corrected chi connectivity index (χ1v) is 9.07. The molecule has 0 radical (unpaired) electrons. The van der Waals surface area contributed by atoms with E-state index in [-0.39, 0.29) is 5.78 Å². The molecule has 0 N–H and O–H groups in total. The molecule has 1 atom stereocenters. The van der Waals surface area contributed by atoms with Crippen LogP contribution in [0.5, 0.6) is 0 Å². The molecule has 3 rings (SSSR count). The number of hydrogen-bond donors (Lipinski definition) is 0. The molecule has 0 aliphatic carbocycles. The quantitative estimate of drug-likeness (QED) is 0.814. The Balaban J connectivity index is 1.92. The van der Waals surface area contributed by atoms with Gasteiger partial charge in [0.1, 0.15) is 4.21 Å². The van der Waals surface area contributed by atoms with Gasteiger partial charge < -0.3 is 0 Å². The normalized spacial score (nSPS) is 19.7. The van der Waals surface area contributed by atoms with Crippen molar-refractivity contribution in [2.45, 2.75) is 23.1 Å². The van der Waals surface area contributed by atoms with Gasteiger partial charge in [-0.1, -0.05) is 36.4 Å². The van der Waals surface area contributed by atoms with Crippen LogP contribution in [0.1, 0.15) is 23.2 Å². The van der Waals surface area contributed by atoms with Crippen LogP contribution in [0.4, 0.5) is 0 Å². The average Bonchev–Trinajstić information content (AvgIpc) is 3.19. The lowest BCUT2D eigenvalue weighted by atomic mass is 10.0. The number of sulfonamides is 1. The Kier molecular flexibility index (Phi) is 3.93. The maximum absolute atomic E-state index is 12.6. The monoisotopic (exact) mass is 321 g/mol. The zero-order chi connectivity index (χ0) is 14.9. The van der Waals surface area contributed by atoms with Gasteiger partial charge in [0.2, 0.25) is 0 Å². The van der Waals surface area contributed by atoms with Gasteiger partial charge in [-0.2, -0.15) is 4.31 Å². The number of nitrogens with zero attached hydrogens (tertiary/aromatic N) is 1. The third kappa shape index (κ3) is 2.66. The van der Waals surface area contributed by atoms with Crippen molar-refractivity contribution in [3.63, 3.8) is 0 Å². The number of carbonyl (C=O) groups is 1. The fourth-order valence-corrected chi connectivity index (χ4v) is 5.39. The van der Waals surface area contributed by atoms with Crippen LogP contribution >= 0.6 is 11.3 Å². The highest BCUT2D eigenvalue weighted by Crippen LogP contribution is 2.30. The van der Waals surface area contributed by atoms with Crippen LogP contribution in [0.15, 0.2) is 52.1 Å². The first kappa shape index (κ1) is 14.4. The molecule has 4 nitrogen and oxygen atoms in total. The van der Waals surface area contributed by atoms with E-state index in [9.17, 15) is 13.2 Å². The lowest BCUT2D eigenvalue weighted by molar-refractivity contribution is 0.0918. The van der Waals surface area contributed by atoms with E-state index in [1.54, 1.807) is 41.8 Å². The molecule has 0 amide bonds. The fraction of sp³-hybridized carbons (Fsp3) is 0.267. The minimum atomic E-state index is -3.57. The average molecular weight is 321 g/mol. The zero-order valence-corrected chi connectivity index (χ0v) is 12.9. The Labute approximate surface area is 128 Å². The van der Waals surface area contributed by atoms with Crippen molar-refractivity contribution in [1.29, 1.82) is 0 Å². The molecule has 0 spiro atoms. The summed E-state index contributed by atoms with van der Waals surface area (Å²) in [5, 5.41) is 1.73. The summed E-state index contributed by atoms with van der Waals surface area (Å²) in [5.41, 5.74) is 0.566. The van der Waals surface area contributed by atoms with Crippen molar-refractivity contribution >= 4 is 27.1 Å². The second kappa shape index (κ2) is 5.71. The van der Waals surface area contributed by atoms with Crippen LogP contribution in [0.25, 0.3) is 0 Å². The second-order valence-electron chi connectivity index (χ2n) is 4.94. The zero-order valence-electron chi connectivity index (χ0n) is 11.3.